The van der Waals surface area contributed by atoms with E-state index >= 15 is 0 Å². The van der Waals surface area contributed by atoms with E-state index in [1.165, 1.54) is 5.56 Å². The summed E-state index contributed by atoms with van der Waals surface area (Å²) in [6.07, 6.45) is 0.966. The van der Waals surface area contributed by atoms with Crippen molar-refractivity contribution in [2.75, 3.05) is 45.8 Å². The number of carbonyl (C=O) groups is 1. The van der Waals surface area contributed by atoms with E-state index in [-0.39, 0.29) is 17.4 Å². The number of piperidine rings is 1. The molecule has 26 heavy (non-hydrogen) atoms. The number of piperazine rings is 1. The maximum absolute atomic E-state index is 12.7. The summed E-state index contributed by atoms with van der Waals surface area (Å²) in [6, 6.07) is 8.23. The maximum Gasteiger partial charge on any atom is 0.236 e. The molecule has 0 bridgehead atoms. The van der Waals surface area contributed by atoms with Crippen LogP contribution in [0.15, 0.2) is 24.3 Å². The van der Waals surface area contributed by atoms with Crippen molar-refractivity contribution in [1.29, 1.82) is 0 Å². The van der Waals surface area contributed by atoms with Gasteiger partial charge in [-0.15, -0.1) is 0 Å². The summed E-state index contributed by atoms with van der Waals surface area (Å²) in [7, 11) is 0. The zero-order valence-electron chi connectivity index (χ0n) is 16.0. The number of amides is 1. The molecule has 0 spiro atoms. The second kappa shape index (κ2) is 8.26. The van der Waals surface area contributed by atoms with Crippen LogP contribution in [0.5, 0.6) is 0 Å². The van der Waals surface area contributed by atoms with Crippen LogP contribution in [0.4, 0.5) is 0 Å². The SMILES string of the molecule is CC1(C)CN(CC(=O)N2CCN(Cc3cccc(Cl)c3)CC2)CCC1N. The van der Waals surface area contributed by atoms with Crippen LogP contribution >= 0.6 is 11.6 Å². The third-order valence-electron chi connectivity index (χ3n) is 5.77. The molecule has 1 aromatic rings. The van der Waals surface area contributed by atoms with Gasteiger partial charge < -0.3 is 10.6 Å². The van der Waals surface area contributed by atoms with Gasteiger partial charge in [0.25, 0.3) is 0 Å². The molecule has 0 aliphatic carbocycles. The average molecular weight is 379 g/mol. The number of nitrogens with two attached hydrogens (primary N) is 1. The fourth-order valence-corrected chi connectivity index (χ4v) is 4.17. The molecule has 144 valence electrons. The minimum Gasteiger partial charge on any atom is -0.339 e. The Morgan fingerprint density at radius 3 is 2.58 bits per heavy atom. The summed E-state index contributed by atoms with van der Waals surface area (Å²) in [6.45, 7) is 11.0. The Morgan fingerprint density at radius 1 is 1.19 bits per heavy atom. The molecule has 2 aliphatic heterocycles. The molecular formula is C20H31ClN4O. The zero-order chi connectivity index (χ0) is 18.7. The van der Waals surface area contributed by atoms with Crippen molar-refractivity contribution in [2.24, 2.45) is 11.1 Å². The van der Waals surface area contributed by atoms with Crippen molar-refractivity contribution >= 4 is 17.5 Å². The number of carbonyl (C=O) groups excluding carboxylic acids is 1. The minimum absolute atomic E-state index is 0.0776. The molecule has 3 rings (SSSR count). The van der Waals surface area contributed by atoms with Crippen LogP contribution < -0.4 is 5.73 Å². The molecule has 1 amide bonds. The van der Waals surface area contributed by atoms with Gasteiger partial charge in [0.1, 0.15) is 0 Å². The number of halogens is 1. The molecule has 2 saturated heterocycles. The van der Waals surface area contributed by atoms with Gasteiger partial charge in [-0.05, 0) is 29.5 Å². The Bertz CT molecular complexity index is 628. The Kier molecular flexibility index (Phi) is 6.23. The normalized spacial score (nSPS) is 24.6. The van der Waals surface area contributed by atoms with E-state index in [9.17, 15) is 4.79 Å². The maximum atomic E-state index is 12.7. The van der Waals surface area contributed by atoms with Crippen LogP contribution in [-0.4, -0.2) is 72.5 Å². The predicted molar refractivity (Wildman–Crippen MR) is 106 cm³/mol. The first kappa shape index (κ1) is 19.6. The highest BCUT2D eigenvalue weighted by atomic mass is 35.5. The molecule has 0 saturated carbocycles. The molecule has 0 aromatic heterocycles. The quantitative estimate of drug-likeness (QED) is 0.871. The van der Waals surface area contributed by atoms with Crippen LogP contribution in [0.2, 0.25) is 5.02 Å². The van der Waals surface area contributed by atoms with Gasteiger partial charge in [0, 0.05) is 56.9 Å². The molecule has 2 heterocycles. The van der Waals surface area contributed by atoms with Crippen molar-refractivity contribution in [2.45, 2.75) is 32.9 Å². The van der Waals surface area contributed by atoms with Crippen LogP contribution in [0, 0.1) is 5.41 Å². The number of hydrogen-bond donors (Lipinski definition) is 1. The molecule has 2 fully saturated rings. The first-order valence-electron chi connectivity index (χ1n) is 9.56. The first-order chi connectivity index (χ1) is 12.3. The van der Waals surface area contributed by atoms with Gasteiger partial charge in [0.05, 0.1) is 6.54 Å². The largest absolute Gasteiger partial charge is 0.339 e. The summed E-state index contributed by atoms with van der Waals surface area (Å²) in [5.74, 6) is 0.249. The van der Waals surface area contributed by atoms with E-state index in [4.69, 9.17) is 17.3 Å². The van der Waals surface area contributed by atoms with E-state index in [0.717, 1.165) is 57.3 Å². The number of rotatable bonds is 4. The Hall–Kier alpha value is -1.14. The number of nitrogens with zero attached hydrogens (tertiary/aromatic N) is 3. The zero-order valence-corrected chi connectivity index (χ0v) is 16.7. The highest BCUT2D eigenvalue weighted by molar-refractivity contribution is 6.30. The van der Waals surface area contributed by atoms with Crippen molar-refractivity contribution < 1.29 is 4.79 Å². The van der Waals surface area contributed by atoms with Gasteiger partial charge in [-0.2, -0.15) is 0 Å². The van der Waals surface area contributed by atoms with E-state index in [2.05, 4.69) is 29.7 Å². The Balaban J connectivity index is 1.45. The number of benzene rings is 1. The minimum atomic E-state index is 0.0776. The van der Waals surface area contributed by atoms with Crippen molar-refractivity contribution in [3.8, 4) is 0 Å². The average Bonchev–Trinajstić information content (AvgIpc) is 2.58. The number of hydrogen-bond acceptors (Lipinski definition) is 4. The van der Waals surface area contributed by atoms with E-state index in [0.29, 0.717) is 6.54 Å². The highest BCUT2D eigenvalue weighted by Crippen LogP contribution is 2.27. The summed E-state index contributed by atoms with van der Waals surface area (Å²) in [4.78, 5) is 19.4. The van der Waals surface area contributed by atoms with E-state index in [1.807, 2.05) is 23.1 Å². The van der Waals surface area contributed by atoms with Gasteiger partial charge in [-0.3, -0.25) is 14.6 Å². The molecular weight excluding hydrogens is 348 g/mol. The van der Waals surface area contributed by atoms with Gasteiger partial charge in [0.15, 0.2) is 0 Å². The third kappa shape index (κ3) is 4.97. The molecule has 2 aliphatic rings. The highest BCUT2D eigenvalue weighted by Gasteiger charge is 2.34. The van der Waals surface area contributed by atoms with Crippen molar-refractivity contribution in [3.63, 3.8) is 0 Å². The fourth-order valence-electron chi connectivity index (χ4n) is 3.96. The lowest BCUT2D eigenvalue weighted by atomic mass is 9.80. The van der Waals surface area contributed by atoms with Crippen LogP contribution in [-0.2, 0) is 11.3 Å². The summed E-state index contributed by atoms with van der Waals surface area (Å²) in [5.41, 5.74) is 7.50. The molecule has 1 aromatic carbocycles. The lowest BCUT2D eigenvalue weighted by Crippen LogP contribution is -2.56. The van der Waals surface area contributed by atoms with Gasteiger partial charge in [0.2, 0.25) is 5.91 Å². The van der Waals surface area contributed by atoms with Crippen LogP contribution in [0.3, 0.4) is 0 Å². The molecule has 0 radical (unpaired) electrons. The van der Waals surface area contributed by atoms with Gasteiger partial charge in [-0.25, -0.2) is 0 Å². The topological polar surface area (TPSA) is 52.8 Å². The third-order valence-corrected chi connectivity index (χ3v) is 6.01. The van der Waals surface area contributed by atoms with E-state index < -0.39 is 0 Å². The second-order valence-corrected chi connectivity index (χ2v) is 8.82. The lowest BCUT2D eigenvalue weighted by Gasteiger charge is -2.43. The molecule has 6 heteroatoms. The first-order valence-corrected chi connectivity index (χ1v) is 9.94. The molecule has 5 nitrogen and oxygen atoms in total. The summed E-state index contributed by atoms with van der Waals surface area (Å²) < 4.78 is 0. The molecule has 2 N–H and O–H groups in total. The summed E-state index contributed by atoms with van der Waals surface area (Å²) >= 11 is 6.07. The standard InChI is InChI=1S/C20H31ClN4O/c1-20(2)15-24(7-6-18(20)22)14-19(26)25-10-8-23(9-11-25)13-16-4-3-5-17(21)12-16/h3-5,12,18H,6-11,13-15,22H2,1-2H3. The van der Waals surface area contributed by atoms with Gasteiger partial charge >= 0.3 is 0 Å². The van der Waals surface area contributed by atoms with Crippen molar-refractivity contribution in [1.82, 2.24) is 14.7 Å². The second-order valence-electron chi connectivity index (χ2n) is 8.38. The van der Waals surface area contributed by atoms with Crippen LogP contribution in [0.25, 0.3) is 0 Å². The smallest absolute Gasteiger partial charge is 0.236 e. The molecule has 1 atom stereocenters. The summed E-state index contributed by atoms with van der Waals surface area (Å²) in [5, 5.41) is 0.778. The Labute approximate surface area is 162 Å². The lowest BCUT2D eigenvalue weighted by molar-refractivity contribution is -0.135. The van der Waals surface area contributed by atoms with E-state index in [1.54, 1.807) is 0 Å². The Morgan fingerprint density at radius 2 is 1.92 bits per heavy atom. The molecule has 1 unspecified atom stereocenters. The fraction of sp³-hybridized carbons (Fsp3) is 0.650. The van der Waals surface area contributed by atoms with Crippen molar-refractivity contribution in [3.05, 3.63) is 34.9 Å². The number of likely N-dealkylation sites (tertiary alicyclic amines) is 1. The monoisotopic (exact) mass is 378 g/mol. The van der Waals surface area contributed by atoms with Crippen LogP contribution in [0.1, 0.15) is 25.8 Å². The predicted octanol–water partition coefficient (Wildman–Crippen LogP) is 2.04. The van der Waals surface area contributed by atoms with Gasteiger partial charge in [-0.1, -0.05) is 37.6 Å².